The van der Waals surface area contributed by atoms with Crippen LogP contribution in [0.3, 0.4) is 0 Å². The van der Waals surface area contributed by atoms with Crippen LogP contribution < -0.4 is 10.6 Å². The van der Waals surface area contributed by atoms with Gasteiger partial charge in [0.2, 0.25) is 0 Å². The molecule has 0 unspecified atom stereocenters. The molecule has 23 heavy (non-hydrogen) atoms. The van der Waals surface area contributed by atoms with Gasteiger partial charge in [0.05, 0.1) is 5.02 Å². The third-order valence-electron chi connectivity index (χ3n) is 3.19. The molecule has 1 heterocycles. The highest BCUT2D eigenvalue weighted by atomic mass is 35.5. The van der Waals surface area contributed by atoms with E-state index in [4.69, 9.17) is 17.3 Å². The number of nitrogens with two attached hydrogens (primary N) is 1. The maximum absolute atomic E-state index is 13.8. The number of alkyl halides is 3. The highest BCUT2D eigenvalue weighted by Crippen LogP contribution is 2.39. The maximum atomic E-state index is 13.8. The molecule has 0 aliphatic heterocycles. The van der Waals surface area contributed by atoms with Crippen molar-refractivity contribution in [2.75, 3.05) is 4.90 Å². The van der Waals surface area contributed by atoms with E-state index in [0.29, 0.717) is 6.07 Å². The lowest BCUT2D eigenvalue weighted by atomic mass is 10.1. The molecule has 0 saturated heterocycles. The summed E-state index contributed by atoms with van der Waals surface area (Å²) in [6.45, 7) is 0. The Morgan fingerprint density at radius 3 is 2.35 bits per heavy atom. The first kappa shape index (κ1) is 17.6. The largest absolute Gasteiger partial charge is 0.472 e. The Morgan fingerprint density at radius 2 is 1.91 bits per heavy atom. The van der Waals surface area contributed by atoms with Crippen LogP contribution in [0.15, 0.2) is 12.3 Å². The lowest BCUT2D eigenvalue weighted by Gasteiger charge is -2.29. The molecular formula is C12H10ClF4N3O3. The van der Waals surface area contributed by atoms with Crippen molar-refractivity contribution in [1.29, 1.82) is 0 Å². The summed E-state index contributed by atoms with van der Waals surface area (Å²) in [5.41, 5.74) is 2.59. The second kappa shape index (κ2) is 5.69. The molecule has 1 aliphatic carbocycles. The lowest BCUT2D eigenvalue weighted by Crippen LogP contribution is -2.61. The van der Waals surface area contributed by atoms with Gasteiger partial charge in [0, 0.05) is 12.1 Å². The van der Waals surface area contributed by atoms with Crippen molar-refractivity contribution in [3.63, 3.8) is 0 Å². The van der Waals surface area contributed by atoms with Crippen molar-refractivity contribution < 1.29 is 32.3 Å². The second-order valence-corrected chi connectivity index (χ2v) is 5.44. The highest BCUT2D eigenvalue weighted by molar-refractivity contribution is 6.30. The Morgan fingerprint density at radius 1 is 1.35 bits per heavy atom. The summed E-state index contributed by atoms with van der Waals surface area (Å²) < 4.78 is 52.0. The summed E-state index contributed by atoms with van der Waals surface area (Å²) in [4.78, 5) is 26.3. The molecule has 1 aliphatic rings. The molecule has 1 aromatic heterocycles. The predicted molar refractivity (Wildman–Crippen MR) is 69.6 cm³/mol. The number of hydrogen-bond donors (Lipinski definition) is 2. The molecule has 2 rings (SSSR count). The Kier molecular flexibility index (Phi) is 4.35. The molecule has 126 valence electrons. The lowest BCUT2D eigenvalue weighted by molar-refractivity contribution is -0.173. The number of carbonyl (C=O) groups is 2. The van der Waals surface area contributed by atoms with Crippen molar-refractivity contribution in [2.45, 2.75) is 24.7 Å². The number of hydrogen-bond acceptors (Lipinski definition) is 5. The summed E-state index contributed by atoms with van der Waals surface area (Å²) in [7, 11) is 0. The van der Waals surface area contributed by atoms with Gasteiger partial charge in [-0.2, -0.15) is 13.2 Å². The average molecular weight is 356 g/mol. The number of halogens is 5. The summed E-state index contributed by atoms with van der Waals surface area (Å²) in [5, 5.41) is 9.64. The summed E-state index contributed by atoms with van der Waals surface area (Å²) in [6, 6.07) is 0.570. The van der Waals surface area contributed by atoms with Crippen LogP contribution in [0.2, 0.25) is 5.02 Å². The fourth-order valence-corrected chi connectivity index (χ4v) is 2.01. The zero-order chi connectivity index (χ0) is 17.6. The molecule has 1 saturated carbocycles. The first-order valence-corrected chi connectivity index (χ1v) is 6.62. The van der Waals surface area contributed by atoms with Gasteiger partial charge in [-0.3, -0.25) is 15.3 Å². The number of rotatable bonds is 3. The Balaban J connectivity index is 2.52. The molecule has 11 heteroatoms. The number of nitrogens with zero attached hydrogens (tertiary/aromatic N) is 2. The van der Waals surface area contributed by atoms with Crippen molar-refractivity contribution in [1.82, 2.24) is 4.98 Å². The Labute approximate surface area is 131 Å². The molecular weight excluding hydrogens is 346 g/mol. The van der Waals surface area contributed by atoms with Crippen LogP contribution in [0, 0.1) is 11.7 Å². The number of imide groups is 1. The average Bonchev–Trinajstić information content (AvgIpc) is 3.24. The van der Waals surface area contributed by atoms with Crippen LogP contribution >= 0.6 is 11.6 Å². The Bertz CT molecular complexity index is 661. The number of amides is 2. The molecule has 3 N–H and O–H groups in total. The third-order valence-corrected chi connectivity index (χ3v) is 3.40. The first-order chi connectivity index (χ1) is 10.5. The van der Waals surface area contributed by atoms with Crippen LogP contribution in [0.5, 0.6) is 0 Å². The molecule has 0 bridgehead atoms. The van der Waals surface area contributed by atoms with Gasteiger partial charge < -0.3 is 5.11 Å². The van der Waals surface area contributed by atoms with E-state index < -0.39 is 46.2 Å². The summed E-state index contributed by atoms with van der Waals surface area (Å²) in [6.07, 6.45) is -4.20. The molecule has 0 spiro atoms. The number of carbonyl (C=O) groups excluding carboxylic acids is 2. The summed E-state index contributed by atoms with van der Waals surface area (Å²) >= 11 is 5.43. The first-order valence-electron chi connectivity index (χ1n) is 6.24. The molecule has 1 aromatic rings. The molecule has 6 nitrogen and oxygen atoms in total. The van der Waals surface area contributed by atoms with Crippen LogP contribution in [0.1, 0.15) is 12.8 Å². The zero-order valence-electron chi connectivity index (χ0n) is 11.3. The van der Waals surface area contributed by atoms with Gasteiger partial charge in [0.25, 0.3) is 5.91 Å². The smallest absolute Gasteiger partial charge is 0.367 e. The van der Waals surface area contributed by atoms with Crippen molar-refractivity contribution >= 4 is 29.2 Å². The van der Waals surface area contributed by atoms with E-state index >= 15 is 0 Å². The number of anilines is 1. The molecule has 0 radical (unpaired) electrons. The normalized spacial score (nSPS) is 17.5. The second-order valence-electron chi connectivity index (χ2n) is 5.00. The minimum Gasteiger partial charge on any atom is -0.367 e. The van der Waals surface area contributed by atoms with Gasteiger partial charge in [-0.25, -0.2) is 14.3 Å². The molecule has 2 amide bonds. The van der Waals surface area contributed by atoms with E-state index in [2.05, 4.69) is 4.98 Å². The van der Waals surface area contributed by atoms with Gasteiger partial charge in [-0.05, 0) is 18.9 Å². The van der Waals surface area contributed by atoms with Crippen molar-refractivity contribution in [3.05, 3.63) is 23.1 Å². The van der Waals surface area contributed by atoms with E-state index in [1.54, 1.807) is 0 Å². The standard InChI is InChI=1S/C12H10ClF4N3O3/c13-6-3-7(14)8(19-4-6)20(10(22)12(15,16)17)9(21)11(18,23)5-1-2-5/h3-5,23H,1-2,18H2/t11-/m0/s1. The SMILES string of the molecule is N[C@@](O)(C(=O)N(C(=O)C(F)(F)F)c1ncc(Cl)cc1F)C1CC1. The minimum absolute atomic E-state index is 0.261. The van der Waals surface area contributed by atoms with Gasteiger partial charge in [-0.1, -0.05) is 11.6 Å². The Hall–Kier alpha value is -1.78. The van der Waals surface area contributed by atoms with Crippen LogP contribution in [-0.2, 0) is 9.59 Å². The minimum atomic E-state index is -5.51. The monoisotopic (exact) mass is 355 g/mol. The van der Waals surface area contributed by atoms with Crippen LogP contribution in [-0.4, -0.2) is 33.8 Å². The molecule has 0 aromatic carbocycles. The highest BCUT2D eigenvalue weighted by Gasteiger charge is 2.55. The van der Waals surface area contributed by atoms with E-state index in [1.165, 1.54) is 0 Å². The molecule has 1 fully saturated rings. The summed E-state index contributed by atoms with van der Waals surface area (Å²) in [5.74, 6) is -8.05. The van der Waals surface area contributed by atoms with Gasteiger partial charge in [-0.15, -0.1) is 0 Å². The maximum Gasteiger partial charge on any atom is 0.472 e. The third kappa shape index (κ3) is 3.43. The predicted octanol–water partition coefficient (Wildman–Crippen LogP) is 1.35. The fraction of sp³-hybridized carbons (Fsp3) is 0.417. The van der Waals surface area contributed by atoms with E-state index in [1.807, 2.05) is 0 Å². The fourth-order valence-electron chi connectivity index (χ4n) is 1.86. The van der Waals surface area contributed by atoms with E-state index in [9.17, 15) is 32.3 Å². The van der Waals surface area contributed by atoms with E-state index in [-0.39, 0.29) is 17.9 Å². The topological polar surface area (TPSA) is 96.5 Å². The number of pyridine rings is 1. The quantitative estimate of drug-likeness (QED) is 0.630. The van der Waals surface area contributed by atoms with Gasteiger partial charge in [0.15, 0.2) is 17.4 Å². The zero-order valence-corrected chi connectivity index (χ0v) is 12.0. The van der Waals surface area contributed by atoms with Gasteiger partial charge in [0.1, 0.15) is 0 Å². The van der Waals surface area contributed by atoms with Crippen molar-refractivity contribution in [2.24, 2.45) is 11.7 Å². The van der Waals surface area contributed by atoms with Crippen LogP contribution in [0.4, 0.5) is 23.4 Å². The van der Waals surface area contributed by atoms with E-state index in [0.717, 1.165) is 6.20 Å². The molecule has 1 atom stereocenters. The van der Waals surface area contributed by atoms with Gasteiger partial charge >= 0.3 is 12.1 Å². The van der Waals surface area contributed by atoms with Crippen LogP contribution in [0.25, 0.3) is 0 Å². The number of aromatic nitrogens is 1. The number of aliphatic hydroxyl groups is 1. The van der Waals surface area contributed by atoms with Crippen molar-refractivity contribution in [3.8, 4) is 0 Å².